The zero-order valence-corrected chi connectivity index (χ0v) is 11.1. The molecule has 0 aliphatic heterocycles. The van der Waals surface area contributed by atoms with Gasteiger partial charge in [0.05, 0.1) is 5.69 Å². The SMILES string of the molecule is CCCCC(C)Nc1ccccc1S(N)(=O)=O. The van der Waals surface area contributed by atoms with Crippen LogP contribution in [0, 0.1) is 0 Å². The molecule has 0 heterocycles. The lowest BCUT2D eigenvalue weighted by atomic mass is 10.1. The summed E-state index contributed by atoms with van der Waals surface area (Å²) < 4.78 is 22.8. The van der Waals surface area contributed by atoms with Crippen molar-refractivity contribution >= 4 is 15.7 Å². The molecule has 1 rings (SSSR count). The fraction of sp³-hybridized carbons (Fsp3) is 0.500. The largest absolute Gasteiger partial charge is 0.381 e. The second kappa shape index (κ2) is 6.02. The van der Waals surface area contributed by atoms with E-state index >= 15 is 0 Å². The quantitative estimate of drug-likeness (QED) is 0.820. The normalized spacial score (nSPS) is 13.4. The van der Waals surface area contributed by atoms with Gasteiger partial charge in [-0.2, -0.15) is 0 Å². The van der Waals surface area contributed by atoms with E-state index in [-0.39, 0.29) is 10.9 Å². The highest BCUT2D eigenvalue weighted by molar-refractivity contribution is 7.89. The van der Waals surface area contributed by atoms with Gasteiger partial charge >= 0.3 is 0 Å². The lowest BCUT2D eigenvalue weighted by molar-refractivity contribution is 0.597. The molecule has 1 aromatic carbocycles. The minimum atomic E-state index is -3.66. The molecule has 1 atom stereocenters. The molecule has 0 saturated heterocycles. The smallest absolute Gasteiger partial charge is 0.240 e. The van der Waals surface area contributed by atoms with Gasteiger partial charge in [0, 0.05) is 6.04 Å². The summed E-state index contributed by atoms with van der Waals surface area (Å²) in [6, 6.07) is 6.95. The second-order valence-electron chi connectivity index (χ2n) is 4.23. The first-order valence-corrected chi connectivity index (χ1v) is 7.38. The lowest BCUT2D eigenvalue weighted by Crippen LogP contribution is -2.19. The number of sulfonamides is 1. The van der Waals surface area contributed by atoms with Gasteiger partial charge in [0.1, 0.15) is 4.90 Å². The molecule has 0 aliphatic rings. The van der Waals surface area contributed by atoms with E-state index in [1.807, 2.05) is 6.92 Å². The summed E-state index contributed by atoms with van der Waals surface area (Å²) in [5, 5.41) is 8.36. The van der Waals surface area contributed by atoms with E-state index in [4.69, 9.17) is 5.14 Å². The van der Waals surface area contributed by atoms with Crippen molar-refractivity contribution in [3.63, 3.8) is 0 Å². The maximum Gasteiger partial charge on any atom is 0.240 e. The van der Waals surface area contributed by atoms with E-state index in [9.17, 15) is 8.42 Å². The first-order chi connectivity index (χ1) is 7.95. The number of hydrogen-bond donors (Lipinski definition) is 2. The van der Waals surface area contributed by atoms with Crippen molar-refractivity contribution in [1.29, 1.82) is 0 Å². The van der Waals surface area contributed by atoms with E-state index in [1.54, 1.807) is 18.2 Å². The highest BCUT2D eigenvalue weighted by atomic mass is 32.2. The van der Waals surface area contributed by atoms with Crippen LogP contribution in [0.15, 0.2) is 29.2 Å². The van der Waals surface area contributed by atoms with E-state index in [0.29, 0.717) is 5.69 Å². The molecule has 0 bridgehead atoms. The van der Waals surface area contributed by atoms with Gasteiger partial charge in [-0.05, 0) is 25.5 Å². The fourth-order valence-corrected chi connectivity index (χ4v) is 2.38. The van der Waals surface area contributed by atoms with Crippen LogP contribution in [0.3, 0.4) is 0 Å². The zero-order valence-electron chi connectivity index (χ0n) is 10.3. The molecule has 17 heavy (non-hydrogen) atoms. The van der Waals surface area contributed by atoms with Crippen LogP contribution in [0.25, 0.3) is 0 Å². The van der Waals surface area contributed by atoms with Crippen molar-refractivity contribution in [2.24, 2.45) is 5.14 Å². The molecular weight excluding hydrogens is 236 g/mol. The summed E-state index contributed by atoms with van der Waals surface area (Å²) in [7, 11) is -3.66. The Kier molecular flexibility index (Phi) is 4.96. The van der Waals surface area contributed by atoms with Crippen LogP contribution in [-0.2, 0) is 10.0 Å². The number of rotatable bonds is 6. The Balaban J connectivity index is 2.84. The molecule has 0 fully saturated rings. The van der Waals surface area contributed by atoms with Gasteiger partial charge in [-0.15, -0.1) is 0 Å². The van der Waals surface area contributed by atoms with Crippen LogP contribution in [0.4, 0.5) is 5.69 Å². The number of nitrogens with one attached hydrogen (secondary N) is 1. The first kappa shape index (κ1) is 14.0. The number of anilines is 1. The van der Waals surface area contributed by atoms with Crippen LogP contribution in [0.5, 0.6) is 0 Å². The summed E-state index contributed by atoms with van der Waals surface area (Å²) >= 11 is 0. The standard InChI is InChI=1S/C12H20N2O2S/c1-3-4-7-10(2)14-11-8-5-6-9-12(11)17(13,15)16/h5-6,8-10,14H,3-4,7H2,1-2H3,(H2,13,15,16). The summed E-state index contributed by atoms with van der Waals surface area (Å²) in [5.41, 5.74) is 0.582. The molecule has 96 valence electrons. The molecular formula is C12H20N2O2S. The number of benzene rings is 1. The zero-order chi connectivity index (χ0) is 12.9. The number of unbranched alkanes of at least 4 members (excludes halogenated alkanes) is 1. The van der Waals surface area contributed by atoms with Crippen LogP contribution in [-0.4, -0.2) is 14.5 Å². The van der Waals surface area contributed by atoms with Crippen molar-refractivity contribution in [1.82, 2.24) is 0 Å². The Bertz CT molecular complexity index is 457. The summed E-state index contributed by atoms with van der Waals surface area (Å²) in [6.45, 7) is 4.17. The minimum absolute atomic E-state index is 0.156. The molecule has 1 aromatic rings. The Labute approximate surface area is 103 Å². The van der Waals surface area contributed by atoms with Gasteiger partial charge in [0.15, 0.2) is 0 Å². The fourth-order valence-electron chi connectivity index (χ4n) is 1.68. The number of primary sulfonamides is 1. The van der Waals surface area contributed by atoms with Crippen LogP contribution >= 0.6 is 0 Å². The Morgan fingerprint density at radius 1 is 1.35 bits per heavy atom. The molecule has 4 nitrogen and oxygen atoms in total. The average Bonchev–Trinajstić information content (AvgIpc) is 2.25. The van der Waals surface area contributed by atoms with Crippen LogP contribution < -0.4 is 10.5 Å². The molecule has 0 saturated carbocycles. The maximum atomic E-state index is 11.4. The van der Waals surface area contributed by atoms with Crippen molar-refractivity contribution in [3.05, 3.63) is 24.3 Å². The predicted molar refractivity (Wildman–Crippen MR) is 70.4 cm³/mol. The van der Waals surface area contributed by atoms with E-state index in [0.717, 1.165) is 19.3 Å². The number of hydrogen-bond acceptors (Lipinski definition) is 3. The molecule has 0 aromatic heterocycles. The van der Waals surface area contributed by atoms with Crippen molar-refractivity contribution in [3.8, 4) is 0 Å². The van der Waals surface area contributed by atoms with Gasteiger partial charge in [-0.25, -0.2) is 13.6 Å². The third kappa shape index (κ3) is 4.36. The molecule has 0 amide bonds. The van der Waals surface area contributed by atoms with Crippen LogP contribution in [0.2, 0.25) is 0 Å². The summed E-state index contributed by atoms with van der Waals surface area (Å²) in [4.78, 5) is 0.156. The highest BCUT2D eigenvalue weighted by Gasteiger charge is 2.14. The highest BCUT2D eigenvalue weighted by Crippen LogP contribution is 2.20. The van der Waals surface area contributed by atoms with Gasteiger partial charge in [0.25, 0.3) is 0 Å². The summed E-state index contributed by atoms with van der Waals surface area (Å²) in [5.74, 6) is 0. The number of nitrogens with two attached hydrogens (primary N) is 1. The van der Waals surface area contributed by atoms with E-state index in [1.165, 1.54) is 6.07 Å². The van der Waals surface area contributed by atoms with Crippen molar-refractivity contribution in [2.75, 3.05) is 5.32 Å². The van der Waals surface area contributed by atoms with Crippen LogP contribution in [0.1, 0.15) is 33.1 Å². The Morgan fingerprint density at radius 2 is 2.00 bits per heavy atom. The minimum Gasteiger partial charge on any atom is -0.381 e. The monoisotopic (exact) mass is 256 g/mol. The van der Waals surface area contributed by atoms with Crippen molar-refractivity contribution in [2.45, 2.75) is 44.0 Å². The van der Waals surface area contributed by atoms with Gasteiger partial charge in [-0.3, -0.25) is 0 Å². The third-order valence-electron chi connectivity index (χ3n) is 2.59. The van der Waals surface area contributed by atoms with Gasteiger partial charge in [-0.1, -0.05) is 31.9 Å². The summed E-state index contributed by atoms with van der Waals surface area (Å²) in [6.07, 6.45) is 3.25. The topological polar surface area (TPSA) is 72.2 Å². The third-order valence-corrected chi connectivity index (χ3v) is 3.56. The molecule has 1 unspecified atom stereocenters. The van der Waals surface area contributed by atoms with Gasteiger partial charge in [0.2, 0.25) is 10.0 Å². The van der Waals surface area contributed by atoms with E-state index < -0.39 is 10.0 Å². The Morgan fingerprint density at radius 3 is 2.59 bits per heavy atom. The predicted octanol–water partition coefficient (Wildman–Crippen LogP) is 2.32. The molecule has 0 spiro atoms. The first-order valence-electron chi connectivity index (χ1n) is 5.83. The molecule has 0 radical (unpaired) electrons. The second-order valence-corrected chi connectivity index (χ2v) is 5.76. The Hall–Kier alpha value is -1.07. The van der Waals surface area contributed by atoms with Gasteiger partial charge < -0.3 is 5.32 Å². The van der Waals surface area contributed by atoms with E-state index in [2.05, 4.69) is 12.2 Å². The molecule has 5 heteroatoms. The lowest BCUT2D eigenvalue weighted by Gasteiger charge is -2.16. The molecule has 0 aliphatic carbocycles. The average molecular weight is 256 g/mol. The van der Waals surface area contributed by atoms with Crippen molar-refractivity contribution < 1.29 is 8.42 Å². The molecule has 3 N–H and O–H groups in total. The number of para-hydroxylation sites is 1. The maximum absolute atomic E-state index is 11.4.